The number of unbranched alkanes of at least 4 members (excludes halogenated alkanes) is 1. The van der Waals surface area contributed by atoms with Crippen molar-refractivity contribution in [2.45, 2.75) is 46.9 Å². The lowest BCUT2D eigenvalue weighted by Crippen LogP contribution is -2.33. The van der Waals surface area contributed by atoms with Crippen LogP contribution < -0.4 is 15.5 Å². The van der Waals surface area contributed by atoms with E-state index >= 15 is 0 Å². The van der Waals surface area contributed by atoms with Crippen LogP contribution in [0.5, 0.6) is 5.75 Å². The van der Waals surface area contributed by atoms with Crippen LogP contribution in [0.2, 0.25) is 13.6 Å². The van der Waals surface area contributed by atoms with Crippen molar-refractivity contribution in [3.05, 3.63) is 60.2 Å². The lowest BCUT2D eigenvalue weighted by atomic mass is 9.49. The molecule has 2 aromatic carbocycles. The number of ether oxygens (including phenoxy) is 1. The summed E-state index contributed by atoms with van der Waals surface area (Å²) in [5.41, 5.74) is 2.12. The van der Waals surface area contributed by atoms with Crippen molar-refractivity contribution >= 4 is 18.1 Å². The molecule has 0 radical (unpaired) electrons. The van der Waals surface area contributed by atoms with Crippen molar-refractivity contribution in [3.8, 4) is 5.75 Å². The number of hydrogen-bond acceptors (Lipinski definition) is 2. The SMILES string of the molecule is C.CCCCNC(=O)C(Oc1ccc(B(C)C)cc1)c1ccccc1. The monoisotopic (exact) mass is 339 g/mol. The van der Waals surface area contributed by atoms with Crippen molar-refractivity contribution < 1.29 is 9.53 Å². The number of nitrogens with one attached hydrogen (secondary N) is 1. The van der Waals surface area contributed by atoms with Gasteiger partial charge in [0.2, 0.25) is 6.10 Å². The van der Waals surface area contributed by atoms with E-state index in [4.69, 9.17) is 4.74 Å². The molecule has 0 saturated heterocycles. The maximum absolute atomic E-state index is 12.6. The summed E-state index contributed by atoms with van der Waals surface area (Å²) in [4.78, 5) is 12.6. The Morgan fingerprint density at radius 2 is 1.72 bits per heavy atom. The highest BCUT2D eigenvalue weighted by Crippen LogP contribution is 2.21. The minimum atomic E-state index is -0.632. The van der Waals surface area contributed by atoms with E-state index in [0.29, 0.717) is 19.0 Å². The third-order valence-corrected chi connectivity index (χ3v) is 3.97. The second kappa shape index (κ2) is 10.6. The van der Waals surface area contributed by atoms with Crippen molar-refractivity contribution in [3.63, 3.8) is 0 Å². The van der Waals surface area contributed by atoms with Gasteiger partial charge >= 0.3 is 0 Å². The van der Waals surface area contributed by atoms with Crippen molar-refractivity contribution in [2.24, 2.45) is 0 Å². The summed E-state index contributed by atoms with van der Waals surface area (Å²) >= 11 is 0. The van der Waals surface area contributed by atoms with Crippen LogP contribution in [0.1, 0.15) is 38.9 Å². The molecule has 1 atom stereocenters. The number of carbonyl (C=O) groups excluding carboxylic acids is 1. The second-order valence-electron chi connectivity index (χ2n) is 6.28. The van der Waals surface area contributed by atoms with E-state index in [1.54, 1.807) is 0 Å². The minimum Gasteiger partial charge on any atom is -0.476 e. The fourth-order valence-electron chi connectivity index (χ4n) is 2.45. The molecule has 0 bridgehead atoms. The Morgan fingerprint density at radius 3 is 2.28 bits per heavy atom. The van der Waals surface area contributed by atoms with E-state index in [9.17, 15) is 4.79 Å². The molecule has 0 aliphatic carbocycles. The summed E-state index contributed by atoms with van der Waals surface area (Å²) in [6.45, 7) is 7.57. The highest BCUT2D eigenvalue weighted by atomic mass is 16.5. The molecule has 1 N–H and O–H groups in total. The zero-order valence-electron chi connectivity index (χ0n) is 14.8. The van der Waals surface area contributed by atoms with Gasteiger partial charge in [-0.15, -0.1) is 0 Å². The summed E-state index contributed by atoms with van der Waals surface area (Å²) < 4.78 is 6.02. The van der Waals surface area contributed by atoms with Crippen LogP contribution in [0.3, 0.4) is 0 Å². The summed E-state index contributed by atoms with van der Waals surface area (Å²) in [7, 11) is 0. The summed E-state index contributed by atoms with van der Waals surface area (Å²) in [5.74, 6) is 0.612. The van der Waals surface area contributed by atoms with Gasteiger partial charge in [-0.05, 0) is 18.6 Å². The average molecular weight is 339 g/mol. The van der Waals surface area contributed by atoms with Gasteiger partial charge in [-0.3, -0.25) is 4.79 Å². The highest BCUT2D eigenvalue weighted by Gasteiger charge is 2.22. The van der Waals surface area contributed by atoms with E-state index in [2.05, 4.69) is 38.0 Å². The summed E-state index contributed by atoms with van der Waals surface area (Å²) in [5, 5.41) is 2.97. The molecule has 1 unspecified atom stereocenters. The van der Waals surface area contributed by atoms with Crippen LogP contribution in [0, 0.1) is 0 Å². The van der Waals surface area contributed by atoms with Gasteiger partial charge in [-0.1, -0.05) is 82.3 Å². The van der Waals surface area contributed by atoms with Gasteiger partial charge in [0.25, 0.3) is 5.91 Å². The molecule has 4 heteroatoms. The topological polar surface area (TPSA) is 38.3 Å². The zero-order chi connectivity index (χ0) is 17.4. The van der Waals surface area contributed by atoms with Gasteiger partial charge in [-0.25, -0.2) is 0 Å². The van der Waals surface area contributed by atoms with Crippen molar-refractivity contribution in [1.82, 2.24) is 5.32 Å². The molecule has 0 fully saturated rings. The molecule has 0 heterocycles. The minimum absolute atomic E-state index is 0. The third kappa shape index (κ3) is 6.30. The lowest BCUT2D eigenvalue weighted by molar-refractivity contribution is -0.128. The van der Waals surface area contributed by atoms with E-state index in [0.717, 1.165) is 18.4 Å². The van der Waals surface area contributed by atoms with Crippen LogP contribution in [0.15, 0.2) is 54.6 Å². The molecular weight excluding hydrogens is 309 g/mol. The molecule has 0 saturated carbocycles. The molecule has 0 aromatic heterocycles. The van der Waals surface area contributed by atoms with Crippen molar-refractivity contribution in [2.75, 3.05) is 6.54 Å². The fourth-order valence-corrected chi connectivity index (χ4v) is 2.45. The molecule has 1 amide bonds. The zero-order valence-corrected chi connectivity index (χ0v) is 14.8. The van der Waals surface area contributed by atoms with Crippen LogP contribution in [0.4, 0.5) is 0 Å². The quantitative estimate of drug-likeness (QED) is 0.575. The van der Waals surface area contributed by atoms with Gasteiger partial charge < -0.3 is 10.1 Å². The molecular formula is C21H30BNO2. The third-order valence-electron chi connectivity index (χ3n) is 3.97. The number of rotatable bonds is 8. The predicted molar refractivity (Wildman–Crippen MR) is 108 cm³/mol. The van der Waals surface area contributed by atoms with Gasteiger partial charge in [0.15, 0.2) is 6.71 Å². The molecule has 25 heavy (non-hydrogen) atoms. The number of hydrogen-bond donors (Lipinski definition) is 1. The van der Waals surface area contributed by atoms with Crippen LogP contribution in [-0.2, 0) is 4.79 Å². The van der Waals surface area contributed by atoms with Crippen LogP contribution in [0.25, 0.3) is 0 Å². The molecule has 0 aliphatic rings. The molecule has 0 aliphatic heterocycles. The van der Waals surface area contributed by atoms with E-state index in [1.807, 2.05) is 42.5 Å². The number of benzene rings is 2. The van der Waals surface area contributed by atoms with Gasteiger partial charge in [0.1, 0.15) is 5.75 Å². The van der Waals surface area contributed by atoms with Gasteiger partial charge in [0, 0.05) is 12.1 Å². The van der Waals surface area contributed by atoms with E-state index in [1.165, 1.54) is 5.46 Å². The first kappa shape index (κ1) is 20.8. The summed E-state index contributed by atoms with van der Waals surface area (Å²) in [6, 6.07) is 17.6. The van der Waals surface area contributed by atoms with Crippen LogP contribution in [-0.4, -0.2) is 19.2 Å². The van der Waals surface area contributed by atoms with Crippen molar-refractivity contribution in [1.29, 1.82) is 0 Å². The number of amides is 1. The smallest absolute Gasteiger partial charge is 0.265 e. The fraction of sp³-hybridized carbons (Fsp3) is 0.381. The lowest BCUT2D eigenvalue weighted by Gasteiger charge is -2.19. The highest BCUT2D eigenvalue weighted by molar-refractivity contribution is 6.70. The molecule has 134 valence electrons. The Hall–Kier alpha value is -2.23. The van der Waals surface area contributed by atoms with Crippen LogP contribution >= 0.6 is 0 Å². The van der Waals surface area contributed by atoms with E-state index < -0.39 is 6.10 Å². The molecule has 3 nitrogen and oxygen atoms in total. The standard InChI is InChI=1S/C20H26BNO2.CH4/c1-4-5-15-22-20(23)19(16-9-7-6-8-10-16)24-18-13-11-17(12-14-18)21(2)3;/h6-14,19H,4-5,15H2,1-3H3,(H,22,23);1H4. The van der Waals surface area contributed by atoms with Gasteiger partial charge in [-0.2, -0.15) is 0 Å². The molecule has 2 rings (SSSR count). The molecule has 2 aromatic rings. The summed E-state index contributed by atoms with van der Waals surface area (Å²) in [6.07, 6.45) is 1.39. The first-order valence-electron chi connectivity index (χ1n) is 8.71. The Morgan fingerprint density at radius 1 is 1.08 bits per heavy atom. The molecule has 0 spiro atoms. The first-order valence-corrected chi connectivity index (χ1v) is 8.71. The predicted octanol–water partition coefficient (Wildman–Crippen LogP) is 4.32. The Bertz CT molecular complexity index is 626. The first-order chi connectivity index (χ1) is 11.6. The van der Waals surface area contributed by atoms with E-state index in [-0.39, 0.29) is 13.3 Å². The maximum Gasteiger partial charge on any atom is 0.265 e. The Labute approximate surface area is 152 Å². The Kier molecular flexibility index (Phi) is 8.83. The maximum atomic E-state index is 12.6. The number of carbonyl (C=O) groups is 1. The Balaban J connectivity index is 0.00000312. The largest absolute Gasteiger partial charge is 0.476 e. The van der Waals surface area contributed by atoms with Gasteiger partial charge in [0.05, 0.1) is 0 Å². The normalized spacial score (nSPS) is 11.2. The second-order valence-corrected chi connectivity index (χ2v) is 6.28. The average Bonchev–Trinajstić information content (AvgIpc) is 2.61.